The molecule has 0 radical (unpaired) electrons. The topological polar surface area (TPSA) is 109 Å². The Kier molecular flexibility index (Phi) is 7.51. The first-order valence-corrected chi connectivity index (χ1v) is 9.21. The van der Waals surface area contributed by atoms with Crippen molar-refractivity contribution in [2.45, 2.75) is 38.3 Å². The van der Waals surface area contributed by atoms with Crippen LogP contribution < -0.4 is 5.73 Å². The van der Waals surface area contributed by atoms with E-state index in [1.54, 1.807) is 0 Å². The highest BCUT2D eigenvalue weighted by Crippen LogP contribution is 2.33. The highest BCUT2D eigenvalue weighted by Gasteiger charge is 2.27. The average molecular weight is 402 g/mol. The lowest BCUT2D eigenvalue weighted by atomic mass is 10.1. The van der Waals surface area contributed by atoms with Gasteiger partial charge in [0, 0.05) is 18.8 Å². The maximum absolute atomic E-state index is 13.7. The van der Waals surface area contributed by atoms with Crippen molar-refractivity contribution in [2.24, 2.45) is 0 Å². The first-order valence-electron chi connectivity index (χ1n) is 9.21. The number of anilines is 1. The van der Waals surface area contributed by atoms with Gasteiger partial charge in [0.2, 0.25) is 11.4 Å². The molecule has 4 rings (SSSR count). The zero-order valence-corrected chi connectivity index (χ0v) is 15.4. The molecule has 8 nitrogen and oxygen atoms in total. The van der Waals surface area contributed by atoms with E-state index in [4.69, 9.17) is 29.8 Å². The molecule has 156 valence electrons. The van der Waals surface area contributed by atoms with Crippen molar-refractivity contribution in [3.63, 3.8) is 0 Å². The lowest BCUT2D eigenvalue weighted by molar-refractivity contribution is -0.163. The summed E-state index contributed by atoms with van der Waals surface area (Å²) in [5.41, 5.74) is 5.14. The minimum absolute atomic E-state index is 0.00172. The Morgan fingerprint density at radius 2 is 1.93 bits per heavy atom. The molecule has 2 aliphatic heterocycles. The number of hydrogen-bond donors (Lipinski definition) is 2. The van der Waals surface area contributed by atoms with Gasteiger partial charge in [-0.25, -0.2) is 4.39 Å². The van der Waals surface area contributed by atoms with Crippen LogP contribution in [-0.2, 0) is 18.9 Å². The van der Waals surface area contributed by atoms with E-state index >= 15 is 0 Å². The predicted molar refractivity (Wildman–Crippen MR) is 94.2 cm³/mol. The second-order valence-electron chi connectivity index (χ2n) is 6.36. The molecule has 2 saturated heterocycles. The number of ether oxygens (including phenoxy) is 4. The largest absolute Gasteiger partial charge is 0.396 e. The van der Waals surface area contributed by atoms with E-state index in [2.05, 4.69) is 9.68 Å². The quantitative estimate of drug-likeness (QED) is 0.735. The summed E-state index contributed by atoms with van der Waals surface area (Å²) < 4.78 is 52.9. The van der Waals surface area contributed by atoms with E-state index in [0.29, 0.717) is 26.2 Å². The number of hydrogen-bond acceptors (Lipinski definition) is 8. The molecule has 0 saturated carbocycles. The molecule has 28 heavy (non-hydrogen) atoms. The third-order valence-corrected chi connectivity index (χ3v) is 4.32. The number of nitrogens with two attached hydrogens (primary N) is 1. The molecule has 0 spiro atoms. The Labute approximate surface area is 160 Å². The van der Waals surface area contributed by atoms with Crippen molar-refractivity contribution < 1.29 is 37.4 Å². The smallest absolute Gasteiger partial charge is 0.207 e. The standard InChI is InChI=1S/C10H8F2N2O3.C8H16O3/c11-6-4(10-15-1-2-16-10)3-5-8(7(6)12)17-14-9(5)13;9-5-3-7-11-8-4-1-2-6-10-8/h3,10H,1-2H2,(H2,13,14);8-9H,1-7H2. The highest BCUT2D eigenvalue weighted by molar-refractivity contribution is 5.88. The molecule has 10 heteroatoms. The van der Waals surface area contributed by atoms with Gasteiger partial charge in [-0.15, -0.1) is 0 Å². The summed E-state index contributed by atoms with van der Waals surface area (Å²) in [5, 5.41) is 12.1. The monoisotopic (exact) mass is 402 g/mol. The van der Waals surface area contributed by atoms with E-state index in [9.17, 15) is 8.78 Å². The number of nitrogens with zero attached hydrogens (tertiary/aromatic N) is 1. The van der Waals surface area contributed by atoms with Crippen LogP contribution in [0.25, 0.3) is 11.0 Å². The number of benzene rings is 1. The summed E-state index contributed by atoms with van der Waals surface area (Å²) >= 11 is 0. The fourth-order valence-corrected chi connectivity index (χ4v) is 2.88. The Morgan fingerprint density at radius 1 is 1.14 bits per heavy atom. The molecular weight excluding hydrogens is 378 g/mol. The number of aliphatic hydroxyl groups is 1. The third-order valence-electron chi connectivity index (χ3n) is 4.32. The second-order valence-corrected chi connectivity index (χ2v) is 6.36. The maximum atomic E-state index is 13.7. The average Bonchev–Trinajstić information content (AvgIpc) is 3.37. The predicted octanol–water partition coefficient (Wildman–Crippen LogP) is 2.65. The minimum Gasteiger partial charge on any atom is -0.396 e. The SMILES string of the molecule is Nc1noc2c(F)c(F)c(C3OCCO3)cc12.OCCCOC1CCCCO1. The van der Waals surface area contributed by atoms with Crippen LogP contribution in [0.2, 0.25) is 0 Å². The summed E-state index contributed by atoms with van der Waals surface area (Å²) in [6.07, 6.45) is 3.15. The van der Waals surface area contributed by atoms with Crippen molar-refractivity contribution in [2.75, 3.05) is 38.8 Å². The molecule has 2 aliphatic rings. The molecule has 2 fully saturated rings. The van der Waals surface area contributed by atoms with E-state index in [0.717, 1.165) is 19.4 Å². The molecule has 0 bridgehead atoms. The van der Waals surface area contributed by atoms with Crippen molar-refractivity contribution in [3.05, 3.63) is 23.3 Å². The Balaban J connectivity index is 0.000000178. The Morgan fingerprint density at radius 3 is 2.61 bits per heavy atom. The lowest BCUT2D eigenvalue weighted by Gasteiger charge is -2.22. The number of aromatic nitrogens is 1. The fraction of sp³-hybridized carbons (Fsp3) is 0.611. The van der Waals surface area contributed by atoms with Crippen LogP contribution in [0.4, 0.5) is 14.6 Å². The van der Waals surface area contributed by atoms with Crippen molar-refractivity contribution >= 4 is 16.8 Å². The van der Waals surface area contributed by atoms with E-state index in [-0.39, 0.29) is 35.2 Å². The molecule has 1 atom stereocenters. The van der Waals surface area contributed by atoms with Crippen LogP contribution >= 0.6 is 0 Å². The zero-order valence-electron chi connectivity index (χ0n) is 15.4. The molecule has 1 aromatic heterocycles. The number of aliphatic hydroxyl groups excluding tert-OH is 1. The summed E-state index contributed by atoms with van der Waals surface area (Å²) in [7, 11) is 0. The van der Waals surface area contributed by atoms with Crippen molar-refractivity contribution in [1.29, 1.82) is 0 Å². The van der Waals surface area contributed by atoms with Crippen LogP contribution in [0.15, 0.2) is 10.6 Å². The van der Waals surface area contributed by atoms with Gasteiger partial charge < -0.3 is 34.3 Å². The van der Waals surface area contributed by atoms with E-state index in [1.807, 2.05) is 0 Å². The van der Waals surface area contributed by atoms with Gasteiger partial charge in [0.05, 0.1) is 25.2 Å². The second kappa shape index (κ2) is 10.1. The van der Waals surface area contributed by atoms with Gasteiger partial charge in [-0.1, -0.05) is 5.16 Å². The first kappa shape index (κ1) is 20.9. The van der Waals surface area contributed by atoms with Crippen molar-refractivity contribution in [1.82, 2.24) is 5.16 Å². The molecule has 1 aromatic carbocycles. The van der Waals surface area contributed by atoms with Crippen LogP contribution in [0.3, 0.4) is 0 Å². The van der Waals surface area contributed by atoms with Gasteiger partial charge in [-0.2, -0.15) is 4.39 Å². The van der Waals surface area contributed by atoms with Gasteiger partial charge in [0.1, 0.15) is 0 Å². The van der Waals surface area contributed by atoms with E-state index < -0.39 is 17.9 Å². The van der Waals surface area contributed by atoms with Crippen molar-refractivity contribution in [3.8, 4) is 0 Å². The normalized spacial score (nSPS) is 20.3. The summed E-state index contributed by atoms with van der Waals surface area (Å²) in [6, 6.07) is 1.33. The summed E-state index contributed by atoms with van der Waals surface area (Å²) in [5.74, 6) is -2.21. The molecule has 0 aliphatic carbocycles. The Bertz CT molecular complexity index is 760. The first-order chi connectivity index (χ1) is 13.6. The zero-order chi connectivity index (χ0) is 19.9. The minimum atomic E-state index is -1.14. The summed E-state index contributed by atoms with van der Waals surface area (Å²) in [6.45, 7) is 2.31. The number of rotatable bonds is 5. The molecule has 2 aromatic rings. The summed E-state index contributed by atoms with van der Waals surface area (Å²) in [4.78, 5) is 0. The van der Waals surface area contributed by atoms with Crippen LogP contribution in [0.5, 0.6) is 0 Å². The van der Waals surface area contributed by atoms with E-state index in [1.165, 1.54) is 12.5 Å². The number of nitrogen functional groups attached to an aromatic ring is 1. The van der Waals surface area contributed by atoms with Crippen LogP contribution in [-0.4, -0.2) is 49.6 Å². The molecule has 0 amide bonds. The number of fused-ring (bicyclic) bond motifs is 1. The van der Waals surface area contributed by atoms with Gasteiger partial charge in [0.25, 0.3) is 0 Å². The third kappa shape index (κ3) is 4.95. The maximum Gasteiger partial charge on any atom is 0.207 e. The van der Waals surface area contributed by atoms with Gasteiger partial charge in [-0.05, 0) is 31.7 Å². The lowest BCUT2D eigenvalue weighted by Crippen LogP contribution is -2.22. The Hall–Kier alpha value is -1.85. The van der Waals surface area contributed by atoms with Crippen LogP contribution in [0, 0.1) is 11.6 Å². The molecule has 1 unspecified atom stereocenters. The van der Waals surface area contributed by atoms with Gasteiger partial charge in [-0.3, -0.25) is 0 Å². The fourth-order valence-electron chi connectivity index (χ4n) is 2.88. The molecule has 3 N–H and O–H groups in total. The molecular formula is C18H24F2N2O6. The van der Waals surface area contributed by atoms with Gasteiger partial charge in [0.15, 0.2) is 24.2 Å². The van der Waals surface area contributed by atoms with Crippen LogP contribution in [0.1, 0.15) is 37.5 Å². The highest BCUT2D eigenvalue weighted by atomic mass is 19.2. The number of halogens is 2. The molecule has 3 heterocycles. The van der Waals surface area contributed by atoms with Gasteiger partial charge >= 0.3 is 0 Å².